The topological polar surface area (TPSA) is 89.2 Å². The van der Waals surface area contributed by atoms with E-state index in [9.17, 15) is 14.0 Å². The lowest BCUT2D eigenvalue weighted by Gasteiger charge is -2.30. The number of rotatable bonds is 5. The first-order valence-corrected chi connectivity index (χ1v) is 10.7. The smallest absolute Gasteiger partial charge is 0.232 e. The molecule has 4 rings (SSSR count). The van der Waals surface area contributed by atoms with Crippen LogP contribution in [0.1, 0.15) is 12.8 Å². The summed E-state index contributed by atoms with van der Waals surface area (Å²) in [6.07, 6.45) is 1.22. The van der Waals surface area contributed by atoms with Crippen LogP contribution in [0.3, 0.4) is 0 Å². The fourth-order valence-corrected chi connectivity index (χ4v) is 4.52. The number of piperidine rings is 1. The van der Waals surface area contributed by atoms with Gasteiger partial charge in [-0.05, 0) is 37.1 Å². The number of amides is 2. The third-order valence-electron chi connectivity index (χ3n) is 5.35. The molecule has 2 heterocycles. The molecule has 2 amide bonds. The Labute approximate surface area is 177 Å². The molecule has 0 unspecified atom stereocenters. The second-order valence-corrected chi connectivity index (χ2v) is 8.22. The number of carbonyl (C=O) groups is 2. The molecular weight excluding hydrogens is 403 g/mol. The van der Waals surface area contributed by atoms with Crippen molar-refractivity contribution in [1.29, 1.82) is 0 Å². The predicted molar refractivity (Wildman–Crippen MR) is 114 cm³/mol. The van der Waals surface area contributed by atoms with E-state index >= 15 is 0 Å². The summed E-state index contributed by atoms with van der Waals surface area (Å²) in [5, 5.41) is 11.2. The molecular formula is C22H21FN4O2S. The van der Waals surface area contributed by atoms with Crippen LogP contribution in [0.15, 0.2) is 53.6 Å². The van der Waals surface area contributed by atoms with Crippen LogP contribution >= 0.6 is 11.8 Å². The van der Waals surface area contributed by atoms with Crippen molar-refractivity contribution in [3.05, 3.63) is 54.3 Å². The largest absolute Gasteiger partial charge is 0.369 e. The van der Waals surface area contributed by atoms with Gasteiger partial charge in [0.25, 0.3) is 0 Å². The average Bonchev–Trinajstić information content (AvgIpc) is 2.78. The molecule has 30 heavy (non-hydrogen) atoms. The molecule has 0 radical (unpaired) electrons. The highest BCUT2D eigenvalue weighted by atomic mass is 32.2. The molecule has 0 atom stereocenters. The zero-order valence-corrected chi connectivity index (χ0v) is 17.1. The molecule has 0 spiro atoms. The maximum atomic E-state index is 13.3. The Balaban J connectivity index is 1.50. The summed E-state index contributed by atoms with van der Waals surface area (Å²) in [5.41, 5.74) is 6.82. The number of carbonyl (C=O) groups excluding carboxylic acids is 2. The number of benzene rings is 2. The van der Waals surface area contributed by atoms with Crippen LogP contribution in [-0.2, 0) is 9.59 Å². The van der Waals surface area contributed by atoms with Gasteiger partial charge in [-0.1, -0.05) is 36.0 Å². The number of fused-ring (bicyclic) bond motifs is 1. The lowest BCUT2D eigenvalue weighted by Crippen LogP contribution is -2.42. The lowest BCUT2D eigenvalue weighted by molar-refractivity contribution is -0.132. The first-order chi connectivity index (χ1) is 14.5. The number of thioether (sulfide) groups is 1. The standard InChI is InChI=1S/C22H21FN4O2S/c23-16-7-5-14(6-8-16)20-17-3-1-2-4-18(17)22(26-25-20)30-13-19(28)27-11-9-15(10-12-27)21(24)29/h1-8,15H,9-13H2,(H2,24,29). The van der Waals surface area contributed by atoms with Gasteiger partial charge in [-0.2, -0.15) is 0 Å². The molecule has 0 bridgehead atoms. The summed E-state index contributed by atoms with van der Waals surface area (Å²) in [6.45, 7) is 1.09. The Hall–Kier alpha value is -3.00. The number of primary amides is 1. The van der Waals surface area contributed by atoms with E-state index in [0.29, 0.717) is 36.7 Å². The van der Waals surface area contributed by atoms with Gasteiger partial charge in [0.15, 0.2) is 0 Å². The number of halogens is 1. The van der Waals surface area contributed by atoms with Crippen LogP contribution in [0.2, 0.25) is 0 Å². The minimum absolute atomic E-state index is 0.0106. The molecule has 2 N–H and O–H groups in total. The molecule has 6 nitrogen and oxygen atoms in total. The van der Waals surface area contributed by atoms with Crippen LogP contribution in [0.4, 0.5) is 4.39 Å². The van der Waals surface area contributed by atoms with Gasteiger partial charge in [0.2, 0.25) is 11.8 Å². The van der Waals surface area contributed by atoms with Crippen molar-refractivity contribution in [3.8, 4) is 11.3 Å². The van der Waals surface area contributed by atoms with Crippen molar-refractivity contribution >= 4 is 34.3 Å². The van der Waals surface area contributed by atoms with Gasteiger partial charge in [-0.3, -0.25) is 9.59 Å². The van der Waals surface area contributed by atoms with Gasteiger partial charge in [0, 0.05) is 35.3 Å². The summed E-state index contributed by atoms with van der Waals surface area (Å²) in [4.78, 5) is 25.7. The van der Waals surface area contributed by atoms with Crippen LogP contribution in [0.25, 0.3) is 22.0 Å². The number of nitrogens with zero attached hydrogens (tertiary/aromatic N) is 3. The van der Waals surface area contributed by atoms with E-state index in [2.05, 4.69) is 10.2 Å². The quantitative estimate of drug-likeness (QED) is 0.635. The van der Waals surface area contributed by atoms with Gasteiger partial charge in [-0.25, -0.2) is 4.39 Å². The molecule has 1 aliphatic rings. The summed E-state index contributed by atoms with van der Waals surface area (Å²) >= 11 is 1.35. The van der Waals surface area contributed by atoms with Crippen LogP contribution < -0.4 is 5.73 Å². The van der Waals surface area contributed by atoms with Crippen LogP contribution in [-0.4, -0.2) is 45.8 Å². The molecule has 3 aromatic rings. The van der Waals surface area contributed by atoms with E-state index in [1.54, 1.807) is 17.0 Å². The zero-order valence-electron chi connectivity index (χ0n) is 16.3. The highest BCUT2D eigenvalue weighted by Crippen LogP contribution is 2.32. The Bertz CT molecular complexity index is 1080. The highest BCUT2D eigenvalue weighted by Gasteiger charge is 2.26. The molecule has 2 aromatic carbocycles. The molecule has 0 aliphatic carbocycles. The second kappa shape index (κ2) is 8.79. The molecule has 8 heteroatoms. The normalized spacial score (nSPS) is 14.8. The van der Waals surface area contributed by atoms with Crippen molar-refractivity contribution in [3.63, 3.8) is 0 Å². The number of hydrogen-bond donors (Lipinski definition) is 1. The van der Waals surface area contributed by atoms with Crippen molar-refractivity contribution in [1.82, 2.24) is 15.1 Å². The van der Waals surface area contributed by atoms with Gasteiger partial charge in [-0.15, -0.1) is 10.2 Å². The molecule has 1 aliphatic heterocycles. The Morgan fingerprint density at radius 2 is 1.70 bits per heavy atom. The van der Waals surface area contributed by atoms with E-state index in [1.165, 1.54) is 23.9 Å². The van der Waals surface area contributed by atoms with E-state index in [1.807, 2.05) is 24.3 Å². The highest BCUT2D eigenvalue weighted by molar-refractivity contribution is 8.00. The predicted octanol–water partition coefficient (Wildman–Crippen LogP) is 3.25. The van der Waals surface area contributed by atoms with Gasteiger partial charge in [0.05, 0.1) is 5.75 Å². The monoisotopic (exact) mass is 424 g/mol. The first-order valence-electron chi connectivity index (χ1n) is 9.74. The Kier molecular flexibility index (Phi) is 5.94. The van der Waals surface area contributed by atoms with Crippen LogP contribution in [0.5, 0.6) is 0 Å². The van der Waals surface area contributed by atoms with Crippen molar-refractivity contribution in [2.24, 2.45) is 11.7 Å². The summed E-state index contributed by atoms with van der Waals surface area (Å²) in [7, 11) is 0. The van der Waals surface area contributed by atoms with Crippen molar-refractivity contribution < 1.29 is 14.0 Å². The molecule has 1 saturated heterocycles. The van der Waals surface area contributed by atoms with Crippen molar-refractivity contribution in [2.45, 2.75) is 17.9 Å². The number of hydrogen-bond acceptors (Lipinski definition) is 5. The second-order valence-electron chi connectivity index (χ2n) is 7.25. The van der Waals surface area contributed by atoms with E-state index < -0.39 is 0 Å². The molecule has 1 fully saturated rings. The summed E-state index contributed by atoms with van der Waals surface area (Å²) < 4.78 is 13.3. The maximum absolute atomic E-state index is 13.3. The van der Waals surface area contributed by atoms with E-state index in [-0.39, 0.29) is 29.3 Å². The third kappa shape index (κ3) is 4.28. The molecule has 154 valence electrons. The SMILES string of the molecule is NC(=O)C1CCN(C(=O)CSc2nnc(-c3ccc(F)cc3)c3ccccc23)CC1. The average molecular weight is 425 g/mol. The molecule has 0 saturated carbocycles. The summed E-state index contributed by atoms with van der Waals surface area (Å²) in [6, 6.07) is 13.9. The fourth-order valence-electron chi connectivity index (χ4n) is 3.64. The van der Waals surface area contributed by atoms with Gasteiger partial charge < -0.3 is 10.6 Å². The maximum Gasteiger partial charge on any atom is 0.232 e. The Morgan fingerprint density at radius 1 is 1.03 bits per heavy atom. The van der Waals surface area contributed by atoms with E-state index in [4.69, 9.17) is 5.73 Å². The van der Waals surface area contributed by atoms with E-state index in [0.717, 1.165) is 16.3 Å². The minimum Gasteiger partial charge on any atom is -0.369 e. The number of likely N-dealkylation sites (tertiary alicyclic amines) is 1. The third-order valence-corrected chi connectivity index (χ3v) is 6.32. The first kappa shape index (κ1) is 20.3. The van der Waals surface area contributed by atoms with Gasteiger partial charge >= 0.3 is 0 Å². The summed E-state index contributed by atoms with van der Waals surface area (Å²) in [5.74, 6) is -0.483. The lowest BCUT2D eigenvalue weighted by atomic mass is 9.96. The fraction of sp³-hybridized carbons (Fsp3) is 0.273. The van der Waals surface area contributed by atoms with Crippen LogP contribution in [0, 0.1) is 11.7 Å². The number of aromatic nitrogens is 2. The zero-order chi connectivity index (χ0) is 21.1. The molecule has 1 aromatic heterocycles. The number of nitrogens with two attached hydrogens (primary N) is 1. The van der Waals surface area contributed by atoms with Crippen molar-refractivity contribution in [2.75, 3.05) is 18.8 Å². The van der Waals surface area contributed by atoms with Gasteiger partial charge in [0.1, 0.15) is 16.5 Å². The minimum atomic E-state index is -0.304. The Morgan fingerprint density at radius 3 is 2.37 bits per heavy atom.